The minimum Gasteiger partial charge on any atom is -0.462 e. The fourth-order valence-electron chi connectivity index (χ4n) is 7.37. The maximum absolute atomic E-state index is 16.2. The number of rotatable bonds is 7. The van der Waals surface area contributed by atoms with Crippen molar-refractivity contribution in [1.29, 1.82) is 0 Å². The van der Waals surface area contributed by atoms with E-state index in [1.54, 1.807) is 30.3 Å². The average Bonchev–Trinajstić information content (AvgIpc) is 3.59. The van der Waals surface area contributed by atoms with Crippen LogP contribution in [0.3, 0.4) is 0 Å². The van der Waals surface area contributed by atoms with E-state index in [1.807, 2.05) is 6.92 Å². The third-order valence-corrected chi connectivity index (χ3v) is 9.89. The van der Waals surface area contributed by atoms with Crippen molar-refractivity contribution >= 4 is 51.8 Å². The van der Waals surface area contributed by atoms with Gasteiger partial charge in [-0.25, -0.2) is 14.2 Å². The molecule has 4 atom stereocenters. The van der Waals surface area contributed by atoms with Gasteiger partial charge in [0.2, 0.25) is 5.91 Å². The first-order chi connectivity index (χ1) is 22.3. The molecule has 2 fully saturated rings. The molecule has 3 aliphatic rings. The topological polar surface area (TPSA) is 96.6 Å². The Morgan fingerprint density at radius 2 is 1.91 bits per heavy atom. The number of aromatic nitrogens is 2. The fourth-order valence-corrected chi connectivity index (χ4v) is 7.72. The Bertz CT molecular complexity index is 1930. The van der Waals surface area contributed by atoms with Crippen LogP contribution in [0.5, 0.6) is 5.75 Å². The second-order valence-corrected chi connectivity index (χ2v) is 13.0. The lowest BCUT2D eigenvalue weighted by molar-refractivity contribution is -0.274. The van der Waals surface area contributed by atoms with Crippen molar-refractivity contribution in [3.63, 3.8) is 0 Å². The van der Waals surface area contributed by atoms with Crippen LogP contribution in [0.25, 0.3) is 11.0 Å². The van der Waals surface area contributed by atoms with Crippen LogP contribution >= 0.6 is 23.2 Å². The summed E-state index contributed by atoms with van der Waals surface area (Å²) in [5.74, 6) is -3.86. The van der Waals surface area contributed by atoms with E-state index < -0.39 is 52.9 Å². The van der Waals surface area contributed by atoms with Crippen LogP contribution in [-0.4, -0.2) is 52.3 Å². The third kappa shape index (κ3) is 5.21. The van der Waals surface area contributed by atoms with Crippen LogP contribution in [0.2, 0.25) is 10.0 Å². The number of benzene rings is 3. The Hall–Kier alpha value is -3.87. The maximum atomic E-state index is 16.2. The standard InChI is InChI=1S/C33H28Cl2F4N4O4/c1-3-46-30(44)19-12-23-24(13-25(19)47-33(37,38)39)41-29(40-23)26-15(2)43(14-16-7-8-16)32(27(26)18-5-4-6-21(35)28(18)36)20-10-9-17(34)11-22(20)42-31(32)45/h4-6,9-13,15-16,26-27H,3,7-8,14H2,1-2H3,(H,40,41)(H,42,45)/t15-,26+,27-,32+/m0/s1. The average molecular weight is 692 g/mol. The number of aromatic amines is 1. The zero-order valence-electron chi connectivity index (χ0n) is 25.1. The number of likely N-dealkylation sites (tertiary alicyclic amines) is 1. The van der Waals surface area contributed by atoms with Crippen LogP contribution < -0.4 is 10.1 Å². The summed E-state index contributed by atoms with van der Waals surface area (Å²) in [5, 5.41) is 3.27. The van der Waals surface area contributed by atoms with Crippen molar-refractivity contribution in [3.05, 3.63) is 86.9 Å². The first kappa shape index (κ1) is 31.7. The highest BCUT2D eigenvalue weighted by atomic mass is 35.5. The van der Waals surface area contributed by atoms with Gasteiger partial charge in [0.05, 0.1) is 22.7 Å². The van der Waals surface area contributed by atoms with Gasteiger partial charge in [-0.05, 0) is 62.4 Å². The molecule has 3 aromatic carbocycles. The highest BCUT2D eigenvalue weighted by Crippen LogP contribution is 2.63. The Morgan fingerprint density at radius 1 is 1.15 bits per heavy atom. The number of nitrogens with one attached hydrogen (secondary N) is 2. The number of fused-ring (bicyclic) bond motifs is 3. The van der Waals surface area contributed by atoms with Crippen LogP contribution in [0.4, 0.5) is 23.2 Å². The van der Waals surface area contributed by atoms with Crippen molar-refractivity contribution in [3.8, 4) is 5.75 Å². The van der Waals surface area contributed by atoms with Crippen molar-refractivity contribution in [2.75, 3.05) is 18.5 Å². The summed E-state index contributed by atoms with van der Waals surface area (Å²) in [6, 6.07) is 11.5. The molecule has 8 nitrogen and oxygen atoms in total. The van der Waals surface area contributed by atoms with Crippen molar-refractivity contribution in [2.24, 2.45) is 5.92 Å². The number of imidazole rings is 1. The number of halogens is 6. The van der Waals surface area contributed by atoms with Crippen molar-refractivity contribution in [1.82, 2.24) is 14.9 Å². The van der Waals surface area contributed by atoms with Gasteiger partial charge in [-0.1, -0.05) is 41.4 Å². The molecule has 7 rings (SSSR count). The number of hydrogen-bond donors (Lipinski definition) is 2. The summed E-state index contributed by atoms with van der Waals surface area (Å²) < 4.78 is 65.5. The number of carbonyl (C=O) groups is 2. The molecule has 1 spiro atoms. The minimum atomic E-state index is -5.09. The van der Waals surface area contributed by atoms with Gasteiger partial charge in [0.15, 0.2) is 0 Å². The molecule has 0 bridgehead atoms. The molecular formula is C33H28Cl2F4N4O4. The highest BCUT2D eigenvalue weighted by molar-refractivity contribution is 6.31. The van der Waals surface area contributed by atoms with Gasteiger partial charge in [0, 0.05) is 46.8 Å². The number of ether oxygens (including phenoxy) is 2. The molecule has 246 valence electrons. The van der Waals surface area contributed by atoms with E-state index in [0.29, 0.717) is 28.7 Å². The largest absolute Gasteiger partial charge is 0.573 e. The molecule has 14 heteroatoms. The molecule has 1 amide bonds. The molecule has 1 saturated heterocycles. The molecule has 4 aromatic rings. The van der Waals surface area contributed by atoms with Gasteiger partial charge in [-0.2, -0.15) is 0 Å². The summed E-state index contributed by atoms with van der Waals surface area (Å²) in [4.78, 5) is 37.1. The highest BCUT2D eigenvalue weighted by Gasteiger charge is 2.67. The molecule has 1 aromatic heterocycles. The fraction of sp³-hybridized carbons (Fsp3) is 0.364. The Labute approximate surface area is 276 Å². The number of H-pyrrole nitrogens is 1. The molecular weight excluding hydrogens is 663 g/mol. The number of hydrogen-bond acceptors (Lipinski definition) is 6. The maximum Gasteiger partial charge on any atom is 0.573 e. The van der Waals surface area contributed by atoms with Crippen molar-refractivity contribution < 1.29 is 36.6 Å². The van der Waals surface area contributed by atoms with Crippen LogP contribution in [0.1, 0.15) is 65.8 Å². The molecule has 0 unspecified atom stereocenters. The van der Waals surface area contributed by atoms with E-state index >= 15 is 4.39 Å². The van der Waals surface area contributed by atoms with E-state index in [4.69, 9.17) is 32.9 Å². The first-order valence-electron chi connectivity index (χ1n) is 15.1. The minimum absolute atomic E-state index is 0.0718. The first-order valence-corrected chi connectivity index (χ1v) is 15.9. The van der Waals surface area contributed by atoms with E-state index in [1.165, 1.54) is 19.1 Å². The lowest BCUT2D eigenvalue weighted by Crippen LogP contribution is -2.52. The monoisotopic (exact) mass is 690 g/mol. The number of esters is 1. The normalized spacial score (nSPS) is 24.2. The van der Waals surface area contributed by atoms with E-state index in [-0.39, 0.29) is 40.0 Å². The van der Waals surface area contributed by atoms with E-state index in [9.17, 15) is 22.8 Å². The molecule has 47 heavy (non-hydrogen) atoms. The van der Waals surface area contributed by atoms with Gasteiger partial charge >= 0.3 is 12.3 Å². The number of anilines is 1. The molecule has 1 aliphatic carbocycles. The Kier molecular flexibility index (Phi) is 7.68. The predicted octanol–water partition coefficient (Wildman–Crippen LogP) is 7.91. The third-order valence-electron chi connectivity index (χ3n) is 9.37. The van der Waals surface area contributed by atoms with Gasteiger partial charge in [-0.15, -0.1) is 13.2 Å². The Morgan fingerprint density at radius 3 is 2.62 bits per heavy atom. The van der Waals surface area contributed by atoms with Gasteiger partial charge in [0.1, 0.15) is 28.5 Å². The number of nitrogens with zero attached hydrogens (tertiary/aromatic N) is 2. The lowest BCUT2D eigenvalue weighted by atomic mass is 9.71. The molecule has 3 heterocycles. The molecule has 1 saturated carbocycles. The number of alkyl halides is 3. The van der Waals surface area contributed by atoms with Gasteiger partial charge in [-0.3, -0.25) is 9.69 Å². The lowest BCUT2D eigenvalue weighted by Gasteiger charge is -2.39. The van der Waals surface area contributed by atoms with Crippen LogP contribution in [-0.2, 0) is 15.1 Å². The second-order valence-electron chi connectivity index (χ2n) is 12.1. The summed E-state index contributed by atoms with van der Waals surface area (Å²) >= 11 is 12.7. The molecule has 2 aliphatic heterocycles. The zero-order chi connectivity index (χ0) is 33.4. The smallest absolute Gasteiger partial charge is 0.462 e. The summed E-state index contributed by atoms with van der Waals surface area (Å²) in [6.07, 6.45) is -3.15. The number of amides is 1. The zero-order valence-corrected chi connectivity index (χ0v) is 26.6. The molecule has 0 radical (unpaired) electrons. The van der Waals surface area contributed by atoms with Crippen molar-refractivity contribution in [2.45, 2.75) is 56.5 Å². The van der Waals surface area contributed by atoms with Gasteiger partial charge in [0.25, 0.3) is 0 Å². The quantitative estimate of drug-likeness (QED) is 0.151. The van der Waals surface area contributed by atoms with E-state index in [2.05, 4.69) is 19.9 Å². The summed E-state index contributed by atoms with van der Waals surface area (Å²) in [7, 11) is 0. The summed E-state index contributed by atoms with van der Waals surface area (Å²) in [5.41, 5.74) is -0.266. The Balaban J connectivity index is 1.47. The second kappa shape index (κ2) is 11.4. The van der Waals surface area contributed by atoms with E-state index in [0.717, 1.165) is 18.9 Å². The summed E-state index contributed by atoms with van der Waals surface area (Å²) in [6.45, 7) is 3.91. The van der Waals surface area contributed by atoms with Gasteiger partial charge < -0.3 is 19.8 Å². The predicted molar refractivity (Wildman–Crippen MR) is 166 cm³/mol. The van der Waals surface area contributed by atoms with Crippen LogP contribution in [0, 0.1) is 11.7 Å². The number of carbonyl (C=O) groups excluding carboxylic acids is 2. The SMILES string of the molecule is CCOC(=O)c1cc2[nH]c([C@@H]3[C@H](C)N(CC4CC4)[C@@]4(C(=O)Nc5cc(Cl)ccc54)[C@H]3c3cccc(Cl)c3F)nc2cc1OC(F)(F)F. The molecule has 2 N–H and O–H groups in total. The van der Waals surface area contributed by atoms with Crippen LogP contribution in [0.15, 0.2) is 48.5 Å².